The third kappa shape index (κ3) is 2.71. The molecule has 2 aliphatic rings. The minimum Gasteiger partial charge on any atom is -0.339 e. The predicted molar refractivity (Wildman–Crippen MR) is 60.4 cm³/mol. The molecule has 0 atom stereocenters. The van der Waals surface area contributed by atoms with Crippen molar-refractivity contribution in [1.29, 1.82) is 0 Å². The summed E-state index contributed by atoms with van der Waals surface area (Å²) in [6.07, 6.45) is 8.09. The van der Waals surface area contributed by atoms with Crippen LogP contribution in [0.4, 0.5) is 0 Å². The second-order valence-electron chi connectivity index (χ2n) is 4.89. The van der Waals surface area contributed by atoms with Crippen LogP contribution in [-0.2, 0) is 4.79 Å². The monoisotopic (exact) mass is 210 g/mol. The molecular formula is C12H22N2O. The summed E-state index contributed by atoms with van der Waals surface area (Å²) in [5.74, 6) is 0.756. The summed E-state index contributed by atoms with van der Waals surface area (Å²) in [5.41, 5.74) is 5.51. The fraction of sp³-hybridized carbons (Fsp3) is 0.917. The van der Waals surface area contributed by atoms with Gasteiger partial charge in [-0.25, -0.2) is 0 Å². The molecule has 0 unspecified atom stereocenters. The third-order valence-electron chi connectivity index (χ3n) is 3.58. The number of nitrogens with zero attached hydrogens (tertiary/aromatic N) is 1. The van der Waals surface area contributed by atoms with Gasteiger partial charge in [0.05, 0.1) is 0 Å². The maximum Gasteiger partial charge on any atom is 0.225 e. The van der Waals surface area contributed by atoms with E-state index in [1.54, 1.807) is 0 Å². The zero-order chi connectivity index (χ0) is 10.7. The molecule has 2 rings (SSSR count). The number of hydrogen-bond donors (Lipinski definition) is 1. The highest BCUT2D eigenvalue weighted by molar-refractivity contribution is 5.79. The van der Waals surface area contributed by atoms with Crippen LogP contribution in [0.2, 0.25) is 0 Å². The van der Waals surface area contributed by atoms with Crippen molar-refractivity contribution in [3.8, 4) is 0 Å². The van der Waals surface area contributed by atoms with E-state index >= 15 is 0 Å². The van der Waals surface area contributed by atoms with Crippen LogP contribution in [0.5, 0.6) is 0 Å². The van der Waals surface area contributed by atoms with E-state index in [-0.39, 0.29) is 0 Å². The zero-order valence-electron chi connectivity index (χ0n) is 9.45. The lowest BCUT2D eigenvalue weighted by Crippen LogP contribution is -2.38. The molecule has 3 heteroatoms. The highest BCUT2D eigenvalue weighted by Crippen LogP contribution is 2.32. The second-order valence-corrected chi connectivity index (χ2v) is 4.89. The van der Waals surface area contributed by atoms with Crippen molar-refractivity contribution in [3.05, 3.63) is 0 Å². The van der Waals surface area contributed by atoms with E-state index in [2.05, 4.69) is 4.90 Å². The summed E-state index contributed by atoms with van der Waals surface area (Å²) >= 11 is 0. The van der Waals surface area contributed by atoms with Gasteiger partial charge in [-0.2, -0.15) is 0 Å². The molecule has 0 heterocycles. The van der Waals surface area contributed by atoms with Gasteiger partial charge in [0.1, 0.15) is 0 Å². The van der Waals surface area contributed by atoms with Gasteiger partial charge in [0.2, 0.25) is 5.91 Å². The van der Waals surface area contributed by atoms with Gasteiger partial charge in [0.15, 0.2) is 0 Å². The van der Waals surface area contributed by atoms with Crippen LogP contribution in [-0.4, -0.2) is 29.9 Å². The summed E-state index contributed by atoms with van der Waals surface area (Å²) < 4.78 is 0. The molecule has 1 amide bonds. The van der Waals surface area contributed by atoms with E-state index in [1.807, 2.05) is 0 Å². The van der Waals surface area contributed by atoms with Crippen molar-refractivity contribution in [2.45, 2.75) is 51.0 Å². The maximum atomic E-state index is 12.2. The lowest BCUT2D eigenvalue weighted by molar-refractivity contribution is -0.136. The van der Waals surface area contributed by atoms with Gasteiger partial charge in [0, 0.05) is 18.5 Å². The molecule has 0 aromatic carbocycles. The number of rotatable bonds is 5. The number of amides is 1. The minimum atomic E-state index is 0.336. The fourth-order valence-corrected chi connectivity index (χ4v) is 2.53. The molecule has 0 spiro atoms. The van der Waals surface area contributed by atoms with Crippen molar-refractivity contribution in [3.63, 3.8) is 0 Å². The highest BCUT2D eigenvalue weighted by atomic mass is 16.2. The first kappa shape index (κ1) is 10.9. The van der Waals surface area contributed by atoms with Crippen LogP contribution in [0.1, 0.15) is 44.9 Å². The first-order chi connectivity index (χ1) is 7.33. The van der Waals surface area contributed by atoms with Gasteiger partial charge in [0.25, 0.3) is 0 Å². The van der Waals surface area contributed by atoms with Gasteiger partial charge in [-0.3, -0.25) is 4.79 Å². The van der Waals surface area contributed by atoms with Crippen LogP contribution >= 0.6 is 0 Å². The number of carbonyl (C=O) groups excluding carboxylic acids is 1. The lowest BCUT2D eigenvalue weighted by atomic mass is 10.1. The van der Waals surface area contributed by atoms with Crippen molar-refractivity contribution in [2.75, 3.05) is 13.1 Å². The molecule has 0 aromatic rings. The van der Waals surface area contributed by atoms with E-state index < -0.39 is 0 Å². The Morgan fingerprint density at radius 3 is 2.40 bits per heavy atom. The van der Waals surface area contributed by atoms with E-state index in [0.29, 0.717) is 24.4 Å². The average Bonchev–Trinajstić information content (AvgIpc) is 2.94. The van der Waals surface area contributed by atoms with Crippen molar-refractivity contribution in [2.24, 2.45) is 11.7 Å². The summed E-state index contributed by atoms with van der Waals surface area (Å²) in [7, 11) is 0. The molecule has 2 saturated carbocycles. The zero-order valence-corrected chi connectivity index (χ0v) is 9.45. The van der Waals surface area contributed by atoms with E-state index in [0.717, 1.165) is 25.8 Å². The van der Waals surface area contributed by atoms with Gasteiger partial charge in [-0.1, -0.05) is 12.8 Å². The van der Waals surface area contributed by atoms with Crippen LogP contribution in [0.25, 0.3) is 0 Å². The van der Waals surface area contributed by atoms with Gasteiger partial charge < -0.3 is 10.6 Å². The Labute approximate surface area is 92.0 Å². The van der Waals surface area contributed by atoms with Crippen molar-refractivity contribution in [1.82, 2.24) is 4.90 Å². The van der Waals surface area contributed by atoms with Crippen molar-refractivity contribution >= 4 is 5.91 Å². The summed E-state index contributed by atoms with van der Waals surface area (Å²) in [6, 6.07) is 0.560. The highest BCUT2D eigenvalue weighted by Gasteiger charge is 2.35. The molecule has 2 aliphatic carbocycles. The van der Waals surface area contributed by atoms with Crippen LogP contribution < -0.4 is 5.73 Å². The molecule has 0 aromatic heterocycles. The Morgan fingerprint density at radius 2 is 1.87 bits per heavy atom. The first-order valence-corrected chi connectivity index (χ1v) is 6.33. The molecular weight excluding hydrogens is 188 g/mol. The Kier molecular flexibility index (Phi) is 3.62. The second kappa shape index (κ2) is 4.97. The Balaban J connectivity index is 1.87. The number of hydrogen-bond acceptors (Lipinski definition) is 2. The summed E-state index contributed by atoms with van der Waals surface area (Å²) in [5, 5.41) is 0. The Morgan fingerprint density at radius 1 is 1.20 bits per heavy atom. The average molecular weight is 210 g/mol. The molecule has 0 aliphatic heterocycles. The molecule has 2 N–H and O–H groups in total. The smallest absolute Gasteiger partial charge is 0.225 e. The summed E-state index contributed by atoms with van der Waals surface area (Å²) in [4.78, 5) is 14.3. The van der Waals surface area contributed by atoms with Crippen molar-refractivity contribution < 1.29 is 4.79 Å². The fourth-order valence-electron chi connectivity index (χ4n) is 2.53. The molecule has 2 fully saturated rings. The SMILES string of the molecule is NCCCN(C(=O)C1CCCC1)C1CC1. The molecule has 0 saturated heterocycles. The van der Waals surface area contributed by atoms with Crippen LogP contribution in [0.15, 0.2) is 0 Å². The largest absolute Gasteiger partial charge is 0.339 e. The minimum absolute atomic E-state index is 0.336. The third-order valence-corrected chi connectivity index (χ3v) is 3.58. The molecule has 86 valence electrons. The Hall–Kier alpha value is -0.570. The summed E-state index contributed by atoms with van der Waals surface area (Å²) in [6.45, 7) is 1.58. The molecule has 0 radical (unpaired) electrons. The van der Waals surface area contributed by atoms with Gasteiger partial charge in [-0.05, 0) is 38.6 Å². The normalized spacial score (nSPS) is 21.9. The van der Waals surface area contributed by atoms with Crippen LogP contribution in [0.3, 0.4) is 0 Å². The number of nitrogens with two attached hydrogens (primary N) is 1. The molecule has 0 bridgehead atoms. The van der Waals surface area contributed by atoms with E-state index in [9.17, 15) is 4.79 Å². The van der Waals surface area contributed by atoms with Gasteiger partial charge >= 0.3 is 0 Å². The first-order valence-electron chi connectivity index (χ1n) is 6.33. The van der Waals surface area contributed by atoms with E-state index in [1.165, 1.54) is 25.7 Å². The van der Waals surface area contributed by atoms with E-state index in [4.69, 9.17) is 5.73 Å². The van der Waals surface area contributed by atoms with Crippen LogP contribution in [0, 0.1) is 5.92 Å². The van der Waals surface area contributed by atoms with Gasteiger partial charge in [-0.15, -0.1) is 0 Å². The Bertz CT molecular complexity index is 220. The maximum absolute atomic E-state index is 12.2. The standard InChI is InChI=1S/C12H22N2O/c13-8-3-9-14(11-6-7-11)12(15)10-4-1-2-5-10/h10-11H,1-9,13H2. The lowest BCUT2D eigenvalue weighted by Gasteiger charge is -2.25. The molecule has 15 heavy (non-hydrogen) atoms. The predicted octanol–water partition coefficient (Wildman–Crippen LogP) is 1.52. The quantitative estimate of drug-likeness (QED) is 0.747. The topological polar surface area (TPSA) is 46.3 Å². The number of carbonyl (C=O) groups is 1. The molecule has 3 nitrogen and oxygen atoms in total.